The third kappa shape index (κ3) is 5.62. The van der Waals surface area contributed by atoms with E-state index in [1.165, 1.54) is 0 Å². The molecule has 2 N–H and O–H groups in total. The van der Waals surface area contributed by atoms with Crippen LogP contribution in [0.1, 0.15) is 46.0 Å². The van der Waals surface area contributed by atoms with Crippen LogP contribution in [0.4, 0.5) is 0 Å². The van der Waals surface area contributed by atoms with Crippen LogP contribution >= 0.6 is 0 Å². The maximum absolute atomic E-state index is 12.4. The lowest BCUT2D eigenvalue weighted by Gasteiger charge is -2.10. The molecule has 2 rings (SSSR count). The van der Waals surface area contributed by atoms with Crippen molar-refractivity contribution in [2.24, 2.45) is 0 Å². The molecule has 0 spiro atoms. The normalized spacial score (nSPS) is 10.2. The molecule has 2 aromatic carbocycles. The quantitative estimate of drug-likeness (QED) is 0.680. The van der Waals surface area contributed by atoms with Crippen molar-refractivity contribution in [2.75, 3.05) is 20.2 Å². The van der Waals surface area contributed by atoms with Crippen LogP contribution in [0.2, 0.25) is 0 Å². The van der Waals surface area contributed by atoms with Gasteiger partial charge in [0.1, 0.15) is 5.75 Å². The number of nitrogens with one attached hydrogen (secondary N) is 2. The predicted octanol–water partition coefficient (Wildman–Crippen LogP) is 3.20. The van der Waals surface area contributed by atoms with Crippen LogP contribution in [0, 0.1) is 0 Å². The van der Waals surface area contributed by atoms with Crippen molar-refractivity contribution in [3.8, 4) is 5.75 Å². The number of para-hydroxylation sites is 1. The number of hydrogen-bond acceptors (Lipinski definition) is 3. The van der Waals surface area contributed by atoms with Gasteiger partial charge in [0.25, 0.3) is 11.8 Å². The molecule has 0 aliphatic rings. The number of amides is 2. The molecule has 0 saturated heterocycles. The van der Waals surface area contributed by atoms with Crippen molar-refractivity contribution < 1.29 is 14.3 Å². The molecule has 0 saturated carbocycles. The Morgan fingerprint density at radius 1 is 0.923 bits per heavy atom. The highest BCUT2D eigenvalue weighted by Gasteiger charge is 2.10. The molecule has 0 aromatic heterocycles. The average Bonchev–Trinajstić information content (AvgIpc) is 2.68. The number of carbonyl (C=O) groups is 2. The van der Waals surface area contributed by atoms with E-state index in [4.69, 9.17) is 4.74 Å². The van der Waals surface area contributed by atoms with Crippen LogP contribution in [-0.4, -0.2) is 32.0 Å². The fourth-order valence-electron chi connectivity index (χ4n) is 2.60. The van der Waals surface area contributed by atoms with Gasteiger partial charge in [-0.3, -0.25) is 9.59 Å². The Balaban J connectivity index is 1.91. The zero-order valence-electron chi connectivity index (χ0n) is 15.4. The number of hydrogen-bond donors (Lipinski definition) is 2. The first-order valence-electron chi connectivity index (χ1n) is 8.94. The summed E-state index contributed by atoms with van der Waals surface area (Å²) in [7, 11) is 1.63. The van der Waals surface area contributed by atoms with Gasteiger partial charge >= 0.3 is 0 Å². The number of carbonyl (C=O) groups excluding carboxylic acids is 2. The smallest absolute Gasteiger partial charge is 0.251 e. The van der Waals surface area contributed by atoms with Crippen LogP contribution < -0.4 is 15.4 Å². The molecule has 5 heteroatoms. The topological polar surface area (TPSA) is 67.4 Å². The average molecular weight is 354 g/mol. The standard InChI is InChI=1S/C21H26N2O3/c1-3-4-13-22-20(24)17-9-7-10-18(15-17)21(25)23-14-12-16-8-5-6-11-19(16)26-2/h5-11,15H,3-4,12-14H2,1-2H3,(H,22,24)(H,23,25). The summed E-state index contributed by atoms with van der Waals surface area (Å²) in [5.41, 5.74) is 2.02. The Kier molecular flexibility index (Phi) is 7.68. The van der Waals surface area contributed by atoms with Gasteiger partial charge in [-0.25, -0.2) is 0 Å². The molecule has 0 aliphatic carbocycles. The lowest BCUT2D eigenvalue weighted by atomic mass is 10.1. The van der Waals surface area contributed by atoms with Crippen LogP contribution in [0.15, 0.2) is 48.5 Å². The van der Waals surface area contributed by atoms with Gasteiger partial charge in [-0.15, -0.1) is 0 Å². The number of rotatable bonds is 9. The number of methoxy groups -OCH3 is 1. The summed E-state index contributed by atoms with van der Waals surface area (Å²) in [5.74, 6) is 0.470. The van der Waals surface area contributed by atoms with E-state index in [-0.39, 0.29) is 11.8 Å². The molecule has 2 amide bonds. The third-order valence-corrected chi connectivity index (χ3v) is 4.08. The van der Waals surface area contributed by atoms with E-state index in [1.54, 1.807) is 31.4 Å². The van der Waals surface area contributed by atoms with Gasteiger partial charge in [-0.2, -0.15) is 0 Å². The third-order valence-electron chi connectivity index (χ3n) is 4.08. The first-order chi connectivity index (χ1) is 12.7. The summed E-state index contributed by atoms with van der Waals surface area (Å²) >= 11 is 0. The van der Waals surface area contributed by atoms with E-state index < -0.39 is 0 Å². The number of ether oxygens (including phenoxy) is 1. The molecule has 0 atom stereocenters. The second kappa shape index (κ2) is 10.2. The minimum Gasteiger partial charge on any atom is -0.496 e. The first kappa shape index (κ1) is 19.5. The fourth-order valence-corrected chi connectivity index (χ4v) is 2.60. The van der Waals surface area contributed by atoms with E-state index in [9.17, 15) is 9.59 Å². The summed E-state index contributed by atoms with van der Waals surface area (Å²) in [6.07, 6.45) is 2.64. The zero-order valence-corrected chi connectivity index (χ0v) is 15.4. The zero-order chi connectivity index (χ0) is 18.8. The van der Waals surface area contributed by atoms with Crippen LogP contribution in [0.5, 0.6) is 5.75 Å². The van der Waals surface area contributed by atoms with E-state index in [2.05, 4.69) is 17.6 Å². The van der Waals surface area contributed by atoms with Crippen molar-refractivity contribution in [2.45, 2.75) is 26.2 Å². The SMILES string of the molecule is CCCCNC(=O)c1cccc(C(=O)NCCc2ccccc2OC)c1. The van der Waals surface area contributed by atoms with Gasteiger partial charge in [0.05, 0.1) is 7.11 Å². The molecule has 26 heavy (non-hydrogen) atoms. The highest BCUT2D eigenvalue weighted by Crippen LogP contribution is 2.17. The summed E-state index contributed by atoms with van der Waals surface area (Å²) in [6, 6.07) is 14.5. The van der Waals surface area contributed by atoms with Crippen molar-refractivity contribution in [1.29, 1.82) is 0 Å². The van der Waals surface area contributed by atoms with Crippen molar-refractivity contribution in [1.82, 2.24) is 10.6 Å². The Labute approximate surface area is 154 Å². The summed E-state index contributed by atoms with van der Waals surface area (Å²) < 4.78 is 5.31. The van der Waals surface area contributed by atoms with Crippen LogP contribution in [-0.2, 0) is 6.42 Å². The molecule has 0 unspecified atom stereocenters. The Hall–Kier alpha value is -2.82. The lowest BCUT2D eigenvalue weighted by Crippen LogP contribution is -2.27. The van der Waals surface area contributed by atoms with E-state index in [0.717, 1.165) is 24.2 Å². The number of benzene rings is 2. The summed E-state index contributed by atoms with van der Waals surface area (Å²) in [4.78, 5) is 24.5. The Bertz CT molecular complexity index is 744. The van der Waals surface area contributed by atoms with E-state index in [1.807, 2.05) is 24.3 Å². The largest absolute Gasteiger partial charge is 0.496 e. The molecule has 138 valence electrons. The van der Waals surface area contributed by atoms with Crippen molar-refractivity contribution >= 4 is 11.8 Å². The number of unbranched alkanes of at least 4 members (excludes halogenated alkanes) is 1. The molecule has 0 aliphatic heterocycles. The van der Waals surface area contributed by atoms with E-state index in [0.29, 0.717) is 30.6 Å². The molecule has 0 heterocycles. The molecular weight excluding hydrogens is 328 g/mol. The first-order valence-corrected chi connectivity index (χ1v) is 8.94. The van der Waals surface area contributed by atoms with Crippen molar-refractivity contribution in [3.63, 3.8) is 0 Å². The Morgan fingerprint density at radius 3 is 2.23 bits per heavy atom. The molecular formula is C21H26N2O3. The van der Waals surface area contributed by atoms with Gasteiger partial charge in [0, 0.05) is 24.2 Å². The lowest BCUT2D eigenvalue weighted by molar-refractivity contribution is 0.0952. The van der Waals surface area contributed by atoms with E-state index >= 15 is 0 Å². The fraction of sp³-hybridized carbons (Fsp3) is 0.333. The maximum Gasteiger partial charge on any atom is 0.251 e. The van der Waals surface area contributed by atoms with Gasteiger partial charge < -0.3 is 15.4 Å². The van der Waals surface area contributed by atoms with Gasteiger partial charge in [0.15, 0.2) is 0 Å². The van der Waals surface area contributed by atoms with Gasteiger partial charge in [0.2, 0.25) is 0 Å². The van der Waals surface area contributed by atoms with Crippen molar-refractivity contribution in [3.05, 3.63) is 65.2 Å². The van der Waals surface area contributed by atoms with Crippen LogP contribution in [0.3, 0.4) is 0 Å². The second-order valence-corrected chi connectivity index (χ2v) is 6.01. The molecule has 0 fully saturated rings. The van der Waals surface area contributed by atoms with Crippen LogP contribution in [0.25, 0.3) is 0 Å². The highest BCUT2D eigenvalue weighted by molar-refractivity contribution is 5.99. The maximum atomic E-state index is 12.4. The molecule has 2 aromatic rings. The predicted molar refractivity (Wildman–Crippen MR) is 103 cm³/mol. The second-order valence-electron chi connectivity index (χ2n) is 6.01. The minimum atomic E-state index is -0.192. The van der Waals surface area contributed by atoms with Gasteiger partial charge in [-0.1, -0.05) is 37.6 Å². The minimum absolute atomic E-state index is 0.151. The summed E-state index contributed by atoms with van der Waals surface area (Å²) in [6.45, 7) is 3.21. The summed E-state index contributed by atoms with van der Waals surface area (Å²) in [5, 5.41) is 5.75. The Morgan fingerprint density at radius 2 is 1.58 bits per heavy atom. The highest BCUT2D eigenvalue weighted by atomic mass is 16.5. The molecule has 5 nitrogen and oxygen atoms in total. The monoisotopic (exact) mass is 354 g/mol. The molecule has 0 bridgehead atoms. The van der Waals surface area contributed by atoms with Gasteiger partial charge in [-0.05, 0) is 42.7 Å². The molecule has 0 radical (unpaired) electrons.